The Balaban J connectivity index is 0.00000338. The van der Waals surface area contributed by atoms with Gasteiger partial charge in [-0.15, -0.1) is 12.4 Å². The molecule has 1 aliphatic rings. The Hall–Kier alpha value is -1.46. The van der Waals surface area contributed by atoms with Crippen molar-refractivity contribution in [3.05, 3.63) is 23.8 Å². The lowest BCUT2D eigenvalue weighted by atomic mass is 9.79. The normalized spacial score (nSPS) is 18.8. The maximum absolute atomic E-state index is 12.9. The van der Waals surface area contributed by atoms with Crippen LogP contribution in [-0.2, 0) is 0 Å². The summed E-state index contributed by atoms with van der Waals surface area (Å²) in [6.07, 6.45) is 2.66. The molecule has 1 aliphatic heterocycles. The van der Waals surface area contributed by atoms with Crippen LogP contribution in [0.1, 0.15) is 57.3 Å². The molecule has 2 N–H and O–H groups in total. The summed E-state index contributed by atoms with van der Waals surface area (Å²) in [4.78, 5) is 14.8. The van der Waals surface area contributed by atoms with Crippen molar-refractivity contribution in [3.8, 4) is 11.5 Å². The van der Waals surface area contributed by atoms with E-state index in [2.05, 4.69) is 27.7 Å². The fourth-order valence-electron chi connectivity index (χ4n) is 3.03. The summed E-state index contributed by atoms with van der Waals surface area (Å²) in [5, 5.41) is 0. The number of likely N-dealkylation sites (tertiary alicyclic amines) is 1. The predicted octanol–water partition coefficient (Wildman–Crippen LogP) is 3.89. The van der Waals surface area contributed by atoms with Gasteiger partial charge < -0.3 is 20.1 Å². The summed E-state index contributed by atoms with van der Waals surface area (Å²) in [7, 11) is 0. The third kappa shape index (κ3) is 5.52. The van der Waals surface area contributed by atoms with Crippen LogP contribution in [0, 0.1) is 5.41 Å². The number of ether oxygens (including phenoxy) is 2. The molecule has 1 unspecified atom stereocenters. The zero-order valence-corrected chi connectivity index (χ0v) is 17.2. The van der Waals surface area contributed by atoms with Crippen LogP contribution in [0.5, 0.6) is 11.5 Å². The van der Waals surface area contributed by atoms with E-state index >= 15 is 0 Å². The van der Waals surface area contributed by atoms with Gasteiger partial charge in [-0.05, 0) is 42.9 Å². The van der Waals surface area contributed by atoms with Crippen molar-refractivity contribution in [1.82, 2.24) is 4.90 Å². The van der Waals surface area contributed by atoms with E-state index in [0.29, 0.717) is 43.4 Å². The van der Waals surface area contributed by atoms with Crippen LogP contribution < -0.4 is 15.2 Å². The average Bonchev–Trinajstić information content (AvgIpc) is 2.60. The van der Waals surface area contributed by atoms with Crippen molar-refractivity contribution in [2.45, 2.75) is 53.0 Å². The Morgan fingerprint density at radius 1 is 1.19 bits per heavy atom. The smallest absolute Gasteiger partial charge is 0.254 e. The largest absolute Gasteiger partial charge is 0.490 e. The monoisotopic (exact) mass is 384 g/mol. The summed E-state index contributed by atoms with van der Waals surface area (Å²) in [6, 6.07) is 5.61. The molecule has 1 heterocycles. The van der Waals surface area contributed by atoms with Gasteiger partial charge in [0.25, 0.3) is 5.91 Å². The fraction of sp³-hybridized carbons (Fsp3) is 0.650. The molecule has 0 radical (unpaired) electrons. The first kappa shape index (κ1) is 22.6. The van der Waals surface area contributed by atoms with Crippen LogP contribution in [0.3, 0.4) is 0 Å². The van der Waals surface area contributed by atoms with Crippen molar-refractivity contribution < 1.29 is 14.3 Å². The van der Waals surface area contributed by atoms with Crippen molar-refractivity contribution in [2.75, 3.05) is 26.3 Å². The second-order valence-corrected chi connectivity index (χ2v) is 7.47. The molecule has 0 aromatic heterocycles. The van der Waals surface area contributed by atoms with Gasteiger partial charge in [-0.2, -0.15) is 0 Å². The number of amides is 1. The van der Waals surface area contributed by atoms with E-state index in [0.717, 1.165) is 19.3 Å². The molecule has 148 valence electrons. The Morgan fingerprint density at radius 3 is 2.38 bits per heavy atom. The minimum absolute atomic E-state index is 0. The second-order valence-electron chi connectivity index (χ2n) is 7.47. The van der Waals surface area contributed by atoms with E-state index in [1.165, 1.54) is 0 Å². The zero-order chi connectivity index (χ0) is 18.4. The summed E-state index contributed by atoms with van der Waals surface area (Å²) in [5.74, 6) is 1.38. The summed E-state index contributed by atoms with van der Waals surface area (Å²) in [5.41, 5.74) is 6.75. The second kappa shape index (κ2) is 10.0. The van der Waals surface area contributed by atoms with Crippen LogP contribution in [0.15, 0.2) is 18.2 Å². The van der Waals surface area contributed by atoms with Gasteiger partial charge in [-0.1, -0.05) is 27.7 Å². The lowest BCUT2D eigenvalue weighted by Crippen LogP contribution is -2.54. The number of hydrogen-bond acceptors (Lipinski definition) is 4. The van der Waals surface area contributed by atoms with Gasteiger partial charge in [0.15, 0.2) is 11.5 Å². The number of halogens is 1. The molecular weight excluding hydrogens is 352 g/mol. The quantitative estimate of drug-likeness (QED) is 0.774. The number of nitrogens with two attached hydrogens (primary N) is 1. The highest BCUT2D eigenvalue weighted by atomic mass is 35.5. The fourth-order valence-corrected chi connectivity index (χ4v) is 3.03. The number of carbonyl (C=O) groups excluding carboxylic acids is 1. The number of benzene rings is 1. The predicted molar refractivity (Wildman–Crippen MR) is 108 cm³/mol. The van der Waals surface area contributed by atoms with Crippen LogP contribution in [0.2, 0.25) is 0 Å². The number of nitrogens with zero attached hydrogens (tertiary/aromatic N) is 1. The first-order chi connectivity index (χ1) is 11.9. The van der Waals surface area contributed by atoms with Crippen LogP contribution in [0.25, 0.3) is 0 Å². The molecule has 26 heavy (non-hydrogen) atoms. The minimum Gasteiger partial charge on any atom is -0.490 e. The highest BCUT2D eigenvalue weighted by Crippen LogP contribution is 2.32. The lowest BCUT2D eigenvalue weighted by molar-refractivity contribution is 0.0532. The summed E-state index contributed by atoms with van der Waals surface area (Å²) < 4.78 is 11.5. The van der Waals surface area contributed by atoms with Crippen molar-refractivity contribution in [2.24, 2.45) is 11.1 Å². The van der Waals surface area contributed by atoms with E-state index in [-0.39, 0.29) is 29.8 Å². The van der Waals surface area contributed by atoms with Crippen LogP contribution in [-0.4, -0.2) is 43.2 Å². The Morgan fingerprint density at radius 2 is 1.81 bits per heavy atom. The standard InChI is InChI=1S/C20H32N2O3.ClH/c1-5-11-24-16-8-7-15(13-17(16)25-12-6-2)19(23)22-10-9-18(21)20(3,4)14-22;/h7-8,13,18H,5-6,9-12,14,21H2,1-4H3;1H. The van der Waals surface area contributed by atoms with Gasteiger partial charge in [0.1, 0.15) is 0 Å². The molecule has 5 nitrogen and oxygen atoms in total. The molecule has 1 atom stereocenters. The van der Waals surface area contributed by atoms with Gasteiger partial charge >= 0.3 is 0 Å². The van der Waals surface area contributed by atoms with Crippen LogP contribution >= 0.6 is 12.4 Å². The van der Waals surface area contributed by atoms with Crippen molar-refractivity contribution in [1.29, 1.82) is 0 Å². The van der Waals surface area contributed by atoms with Crippen molar-refractivity contribution >= 4 is 18.3 Å². The van der Waals surface area contributed by atoms with Gasteiger partial charge in [0.05, 0.1) is 13.2 Å². The average molecular weight is 385 g/mol. The molecule has 1 saturated heterocycles. The molecule has 1 fully saturated rings. The van der Waals surface area contributed by atoms with E-state index in [9.17, 15) is 4.79 Å². The third-order valence-electron chi connectivity index (χ3n) is 4.71. The first-order valence-electron chi connectivity index (χ1n) is 9.33. The molecule has 1 aromatic rings. The summed E-state index contributed by atoms with van der Waals surface area (Å²) >= 11 is 0. The van der Waals surface area contributed by atoms with Crippen LogP contribution in [0.4, 0.5) is 0 Å². The molecule has 1 aromatic carbocycles. The van der Waals surface area contributed by atoms with Gasteiger partial charge in [0.2, 0.25) is 0 Å². The van der Waals surface area contributed by atoms with E-state index in [1.807, 2.05) is 23.1 Å². The van der Waals surface area contributed by atoms with Gasteiger partial charge in [-0.3, -0.25) is 4.79 Å². The Kier molecular flexibility index (Phi) is 8.71. The van der Waals surface area contributed by atoms with E-state index in [1.54, 1.807) is 0 Å². The van der Waals surface area contributed by atoms with E-state index in [4.69, 9.17) is 15.2 Å². The molecule has 0 aliphatic carbocycles. The third-order valence-corrected chi connectivity index (χ3v) is 4.71. The Labute approximate surface area is 163 Å². The molecule has 6 heteroatoms. The first-order valence-corrected chi connectivity index (χ1v) is 9.33. The maximum Gasteiger partial charge on any atom is 0.254 e. The summed E-state index contributed by atoms with van der Waals surface area (Å²) in [6.45, 7) is 11.0. The molecule has 0 bridgehead atoms. The van der Waals surface area contributed by atoms with E-state index < -0.39 is 0 Å². The number of rotatable bonds is 7. The number of carbonyl (C=O) groups is 1. The Bertz CT molecular complexity index is 592. The topological polar surface area (TPSA) is 64.8 Å². The molecular formula is C20H33ClN2O3. The molecule has 0 saturated carbocycles. The van der Waals surface area contributed by atoms with Crippen molar-refractivity contribution in [3.63, 3.8) is 0 Å². The number of piperidine rings is 1. The van der Waals surface area contributed by atoms with Gasteiger partial charge in [0, 0.05) is 24.7 Å². The molecule has 2 rings (SSSR count). The lowest BCUT2D eigenvalue weighted by Gasteiger charge is -2.42. The maximum atomic E-state index is 12.9. The van der Waals surface area contributed by atoms with Gasteiger partial charge in [-0.25, -0.2) is 0 Å². The molecule has 0 spiro atoms. The molecule has 1 amide bonds. The minimum atomic E-state index is -0.0698. The number of hydrogen-bond donors (Lipinski definition) is 1. The zero-order valence-electron chi connectivity index (χ0n) is 16.4. The highest BCUT2D eigenvalue weighted by Gasteiger charge is 2.35. The SMILES string of the molecule is CCCOc1ccc(C(=O)N2CCC(N)C(C)(C)C2)cc1OCCC.Cl. The highest BCUT2D eigenvalue weighted by molar-refractivity contribution is 5.95.